The lowest BCUT2D eigenvalue weighted by Gasteiger charge is -2.22. The van der Waals surface area contributed by atoms with Crippen LogP contribution in [-0.2, 0) is 0 Å². The number of rotatable bonds is 1. The van der Waals surface area contributed by atoms with Crippen LogP contribution in [0.5, 0.6) is 0 Å². The van der Waals surface area contributed by atoms with Gasteiger partial charge in [0.15, 0.2) is 0 Å². The summed E-state index contributed by atoms with van der Waals surface area (Å²) in [6.45, 7) is 2.27. The van der Waals surface area contributed by atoms with Gasteiger partial charge in [0, 0.05) is 13.1 Å². The Morgan fingerprint density at radius 3 is 2.58 bits per heavy atom. The number of likely N-dealkylation sites (tertiary alicyclic amines) is 1. The van der Waals surface area contributed by atoms with Crippen LogP contribution >= 0.6 is 11.8 Å². The van der Waals surface area contributed by atoms with E-state index in [2.05, 4.69) is 4.90 Å². The van der Waals surface area contributed by atoms with E-state index in [1.807, 2.05) is 11.8 Å². The van der Waals surface area contributed by atoms with E-state index in [1.165, 1.54) is 31.4 Å². The van der Waals surface area contributed by atoms with Crippen molar-refractivity contribution < 1.29 is 0 Å². The second-order valence-corrected chi connectivity index (χ2v) is 4.89. The van der Waals surface area contributed by atoms with Crippen molar-refractivity contribution in [3.05, 3.63) is 0 Å². The molecule has 2 rings (SSSR count). The Morgan fingerprint density at radius 2 is 2.00 bits per heavy atom. The Labute approximate surface area is 78.2 Å². The first-order valence-corrected chi connectivity index (χ1v) is 5.88. The van der Waals surface area contributed by atoms with Crippen LogP contribution in [0.2, 0.25) is 0 Å². The van der Waals surface area contributed by atoms with Crippen LogP contribution in [0.3, 0.4) is 0 Å². The van der Waals surface area contributed by atoms with Crippen molar-refractivity contribution in [2.75, 3.05) is 18.8 Å². The topological polar surface area (TPSA) is 27.1 Å². The monoisotopic (exact) mass is 184 g/mol. The highest BCUT2D eigenvalue weighted by Gasteiger charge is 2.25. The fourth-order valence-corrected chi connectivity index (χ4v) is 3.21. The molecule has 0 spiro atoms. The van der Waals surface area contributed by atoms with Crippen molar-refractivity contribution in [3.8, 4) is 0 Å². The summed E-state index contributed by atoms with van der Waals surface area (Å²) in [6, 6.07) is 0. The van der Waals surface area contributed by atoms with Gasteiger partial charge < -0.3 is 4.90 Å². The predicted molar refractivity (Wildman–Crippen MR) is 54.0 cm³/mol. The maximum absolute atomic E-state index is 7.99. The minimum atomic E-state index is 0.531. The van der Waals surface area contributed by atoms with Gasteiger partial charge in [0.2, 0.25) is 0 Å². The molecule has 0 amide bonds. The number of thioether (sulfide) groups is 1. The third kappa shape index (κ3) is 1.60. The first kappa shape index (κ1) is 8.42. The third-order valence-electron chi connectivity index (χ3n) is 2.68. The highest BCUT2D eigenvalue weighted by atomic mass is 32.2. The minimum absolute atomic E-state index is 0.531. The molecule has 2 heterocycles. The van der Waals surface area contributed by atoms with Crippen LogP contribution in [-0.4, -0.2) is 34.8 Å². The molecule has 2 aliphatic heterocycles. The standard InChI is InChI=1S/C9H16N2S/c10-9(8-4-3-7-12-8)11-5-1-2-6-11/h8,10H,1-7H2. The van der Waals surface area contributed by atoms with E-state index < -0.39 is 0 Å². The van der Waals surface area contributed by atoms with Gasteiger partial charge in [-0.25, -0.2) is 0 Å². The Kier molecular flexibility index (Phi) is 2.59. The first-order valence-electron chi connectivity index (χ1n) is 4.83. The van der Waals surface area contributed by atoms with Crippen molar-refractivity contribution in [2.24, 2.45) is 0 Å². The molecule has 2 nitrogen and oxygen atoms in total. The van der Waals surface area contributed by atoms with Gasteiger partial charge in [-0.15, -0.1) is 0 Å². The number of nitrogens with zero attached hydrogens (tertiary/aromatic N) is 1. The van der Waals surface area contributed by atoms with Crippen molar-refractivity contribution in [1.82, 2.24) is 4.90 Å². The van der Waals surface area contributed by atoms with Gasteiger partial charge in [-0.3, -0.25) is 5.41 Å². The van der Waals surface area contributed by atoms with E-state index in [0.717, 1.165) is 18.9 Å². The Hall–Kier alpha value is -0.180. The summed E-state index contributed by atoms with van der Waals surface area (Å²) in [5.41, 5.74) is 0. The van der Waals surface area contributed by atoms with E-state index in [4.69, 9.17) is 5.41 Å². The quantitative estimate of drug-likeness (QED) is 0.498. The molecule has 68 valence electrons. The number of hydrogen-bond donors (Lipinski definition) is 1. The zero-order chi connectivity index (χ0) is 8.39. The fourth-order valence-electron chi connectivity index (χ4n) is 1.95. The van der Waals surface area contributed by atoms with Crippen LogP contribution in [0.4, 0.5) is 0 Å². The van der Waals surface area contributed by atoms with Gasteiger partial charge in [0.25, 0.3) is 0 Å². The van der Waals surface area contributed by atoms with Gasteiger partial charge in [-0.1, -0.05) is 0 Å². The Balaban J connectivity index is 1.89. The summed E-state index contributed by atoms with van der Waals surface area (Å²) in [5, 5.41) is 8.52. The maximum Gasteiger partial charge on any atom is 0.109 e. The summed E-state index contributed by atoms with van der Waals surface area (Å²) in [6.07, 6.45) is 5.13. The molecule has 1 N–H and O–H groups in total. The zero-order valence-corrected chi connectivity index (χ0v) is 8.20. The predicted octanol–water partition coefficient (Wildman–Crippen LogP) is 1.96. The van der Waals surface area contributed by atoms with Crippen LogP contribution in [0, 0.1) is 5.41 Å². The molecule has 2 fully saturated rings. The molecule has 0 aromatic rings. The third-order valence-corrected chi connectivity index (χ3v) is 4.07. The van der Waals surface area contributed by atoms with E-state index in [9.17, 15) is 0 Å². The highest BCUT2D eigenvalue weighted by molar-refractivity contribution is 8.00. The Bertz CT molecular complexity index is 151. The van der Waals surface area contributed by atoms with Gasteiger partial charge >= 0.3 is 0 Å². The van der Waals surface area contributed by atoms with Crippen molar-refractivity contribution in [1.29, 1.82) is 5.41 Å². The summed E-state index contributed by atoms with van der Waals surface area (Å²) in [7, 11) is 0. The van der Waals surface area contributed by atoms with Crippen molar-refractivity contribution >= 4 is 17.6 Å². The van der Waals surface area contributed by atoms with Gasteiger partial charge in [-0.05, 0) is 31.4 Å². The van der Waals surface area contributed by atoms with Crippen LogP contribution in [0.15, 0.2) is 0 Å². The minimum Gasteiger partial charge on any atom is -0.360 e. The Morgan fingerprint density at radius 1 is 1.25 bits per heavy atom. The lowest BCUT2D eigenvalue weighted by molar-refractivity contribution is 0.502. The van der Waals surface area contributed by atoms with Crippen LogP contribution < -0.4 is 0 Å². The molecule has 0 aromatic heterocycles. The number of hydrogen-bond acceptors (Lipinski definition) is 2. The zero-order valence-electron chi connectivity index (χ0n) is 7.38. The molecule has 0 bridgehead atoms. The van der Waals surface area contributed by atoms with Gasteiger partial charge in [-0.2, -0.15) is 11.8 Å². The molecule has 2 aliphatic rings. The fraction of sp³-hybridized carbons (Fsp3) is 0.889. The largest absolute Gasteiger partial charge is 0.360 e. The number of amidine groups is 1. The van der Waals surface area contributed by atoms with E-state index >= 15 is 0 Å². The van der Waals surface area contributed by atoms with Gasteiger partial charge in [0.1, 0.15) is 5.84 Å². The van der Waals surface area contributed by atoms with Crippen LogP contribution in [0.1, 0.15) is 25.7 Å². The molecule has 0 aromatic carbocycles. The molecule has 0 saturated carbocycles. The van der Waals surface area contributed by atoms with Crippen LogP contribution in [0.25, 0.3) is 0 Å². The van der Waals surface area contributed by atoms with E-state index in [0.29, 0.717) is 5.25 Å². The smallest absolute Gasteiger partial charge is 0.109 e. The molecule has 3 heteroatoms. The second-order valence-electron chi connectivity index (χ2n) is 3.58. The summed E-state index contributed by atoms with van der Waals surface area (Å²) in [4.78, 5) is 2.27. The lowest BCUT2D eigenvalue weighted by Crippen LogP contribution is -2.33. The van der Waals surface area contributed by atoms with Crippen molar-refractivity contribution in [2.45, 2.75) is 30.9 Å². The molecule has 0 aliphatic carbocycles. The molecule has 1 unspecified atom stereocenters. The average Bonchev–Trinajstić information content (AvgIpc) is 2.77. The molecule has 2 saturated heterocycles. The maximum atomic E-state index is 7.99. The summed E-state index contributed by atoms with van der Waals surface area (Å²) in [5.74, 6) is 2.18. The molecule has 1 atom stereocenters. The molecular weight excluding hydrogens is 168 g/mol. The molecule has 0 radical (unpaired) electrons. The molecular formula is C9H16N2S. The van der Waals surface area contributed by atoms with E-state index in [-0.39, 0.29) is 0 Å². The average molecular weight is 184 g/mol. The SMILES string of the molecule is N=C(C1CCCS1)N1CCCC1. The second kappa shape index (κ2) is 3.69. The normalized spacial score (nSPS) is 29.7. The van der Waals surface area contributed by atoms with Gasteiger partial charge in [0.05, 0.1) is 5.25 Å². The lowest BCUT2D eigenvalue weighted by atomic mass is 10.2. The first-order chi connectivity index (χ1) is 5.88. The number of nitrogens with one attached hydrogen (secondary N) is 1. The summed E-state index contributed by atoms with van der Waals surface area (Å²) >= 11 is 1.97. The summed E-state index contributed by atoms with van der Waals surface area (Å²) < 4.78 is 0. The highest BCUT2D eigenvalue weighted by Crippen LogP contribution is 2.28. The van der Waals surface area contributed by atoms with E-state index in [1.54, 1.807) is 0 Å². The van der Waals surface area contributed by atoms with Crippen molar-refractivity contribution in [3.63, 3.8) is 0 Å². The molecule has 12 heavy (non-hydrogen) atoms.